The summed E-state index contributed by atoms with van der Waals surface area (Å²) >= 11 is 0. The average Bonchev–Trinajstić information content (AvgIpc) is 2.80. The summed E-state index contributed by atoms with van der Waals surface area (Å²) in [4.78, 5) is 0. The minimum absolute atomic E-state index is 0.417. The molecular weight excluding hydrogens is 182 g/mol. The Bertz CT molecular complexity index is 443. The molecule has 0 fully saturated rings. The molecule has 0 radical (unpaired) electrons. The van der Waals surface area contributed by atoms with Crippen molar-refractivity contribution in [3.05, 3.63) is 65.8 Å². The average molecular weight is 193 g/mol. The number of benzene rings is 1. The quantitative estimate of drug-likeness (QED) is 0.706. The van der Waals surface area contributed by atoms with Gasteiger partial charge in [0.1, 0.15) is 0 Å². The first-order valence-corrected chi connectivity index (χ1v) is 4.92. The SMILES string of the molecule is N#Cc1ccc(/C=C/C2C=CC=C2)cc1. The molecule has 2 rings (SSSR count). The van der Waals surface area contributed by atoms with E-state index in [1.54, 1.807) is 0 Å². The summed E-state index contributed by atoms with van der Waals surface area (Å²) in [6.07, 6.45) is 12.6. The zero-order valence-electron chi connectivity index (χ0n) is 8.30. The molecule has 0 saturated heterocycles. The zero-order valence-corrected chi connectivity index (χ0v) is 8.30. The van der Waals surface area contributed by atoms with E-state index in [0.717, 1.165) is 5.56 Å². The topological polar surface area (TPSA) is 23.8 Å². The van der Waals surface area contributed by atoms with Crippen molar-refractivity contribution in [2.24, 2.45) is 5.92 Å². The van der Waals surface area contributed by atoms with Crippen LogP contribution in [0.4, 0.5) is 0 Å². The zero-order chi connectivity index (χ0) is 10.5. The predicted molar refractivity (Wildman–Crippen MR) is 62.0 cm³/mol. The van der Waals surface area contributed by atoms with Crippen LogP contribution in [0.2, 0.25) is 0 Å². The van der Waals surface area contributed by atoms with E-state index in [4.69, 9.17) is 5.26 Å². The second-order valence-electron chi connectivity index (χ2n) is 3.44. The minimum atomic E-state index is 0.417. The summed E-state index contributed by atoms with van der Waals surface area (Å²) in [6.45, 7) is 0. The van der Waals surface area contributed by atoms with Crippen LogP contribution in [0.1, 0.15) is 11.1 Å². The summed E-state index contributed by atoms with van der Waals surface area (Å²) < 4.78 is 0. The Kier molecular flexibility index (Phi) is 2.80. The second-order valence-corrected chi connectivity index (χ2v) is 3.44. The molecule has 1 aromatic rings. The highest BCUT2D eigenvalue weighted by atomic mass is 14.2. The van der Waals surface area contributed by atoms with E-state index in [9.17, 15) is 0 Å². The number of hydrogen-bond donors (Lipinski definition) is 0. The van der Waals surface area contributed by atoms with Gasteiger partial charge in [0.2, 0.25) is 0 Å². The predicted octanol–water partition coefficient (Wildman–Crippen LogP) is 3.31. The maximum absolute atomic E-state index is 8.64. The van der Waals surface area contributed by atoms with Gasteiger partial charge in [-0.3, -0.25) is 0 Å². The first-order valence-electron chi connectivity index (χ1n) is 4.92. The van der Waals surface area contributed by atoms with Gasteiger partial charge >= 0.3 is 0 Å². The standard InChI is InChI=1S/C14H11N/c15-11-14-9-7-13(8-10-14)6-5-12-3-1-2-4-12/h1-10,12H/b6-5+. The maximum atomic E-state index is 8.64. The van der Waals surface area contributed by atoms with E-state index in [1.807, 2.05) is 36.4 Å². The van der Waals surface area contributed by atoms with Gasteiger partial charge in [0.05, 0.1) is 11.6 Å². The molecule has 0 aliphatic heterocycles. The molecule has 0 spiro atoms. The van der Waals surface area contributed by atoms with Crippen molar-refractivity contribution in [3.63, 3.8) is 0 Å². The van der Waals surface area contributed by atoms with Gasteiger partial charge in [-0.25, -0.2) is 0 Å². The number of nitriles is 1. The fourth-order valence-corrected chi connectivity index (χ4v) is 1.47. The van der Waals surface area contributed by atoms with Crippen LogP contribution >= 0.6 is 0 Å². The van der Waals surface area contributed by atoms with Gasteiger partial charge in [-0.15, -0.1) is 0 Å². The Morgan fingerprint density at radius 2 is 1.73 bits per heavy atom. The van der Waals surface area contributed by atoms with E-state index >= 15 is 0 Å². The van der Waals surface area contributed by atoms with Crippen LogP contribution in [-0.2, 0) is 0 Å². The lowest BCUT2D eigenvalue weighted by atomic mass is 10.1. The van der Waals surface area contributed by atoms with Crippen molar-refractivity contribution in [1.82, 2.24) is 0 Å². The fourth-order valence-electron chi connectivity index (χ4n) is 1.47. The van der Waals surface area contributed by atoms with Crippen LogP contribution in [0, 0.1) is 17.2 Å². The third-order valence-corrected chi connectivity index (χ3v) is 2.33. The van der Waals surface area contributed by atoms with Gasteiger partial charge in [0, 0.05) is 5.92 Å². The molecular formula is C14H11N. The molecule has 72 valence electrons. The highest BCUT2D eigenvalue weighted by Gasteiger charge is 1.97. The van der Waals surface area contributed by atoms with Crippen molar-refractivity contribution >= 4 is 6.08 Å². The Labute approximate surface area is 89.7 Å². The van der Waals surface area contributed by atoms with Crippen molar-refractivity contribution < 1.29 is 0 Å². The smallest absolute Gasteiger partial charge is 0.0991 e. The van der Waals surface area contributed by atoms with Gasteiger partial charge in [-0.05, 0) is 17.7 Å². The molecule has 1 aliphatic rings. The molecule has 0 unspecified atom stereocenters. The van der Waals surface area contributed by atoms with Gasteiger partial charge in [-0.1, -0.05) is 48.6 Å². The third kappa shape index (κ3) is 2.45. The summed E-state index contributed by atoms with van der Waals surface area (Å²) in [6, 6.07) is 9.68. The summed E-state index contributed by atoms with van der Waals surface area (Å²) in [5.74, 6) is 0.417. The molecule has 1 aromatic carbocycles. The van der Waals surface area contributed by atoms with Crippen molar-refractivity contribution in [2.75, 3.05) is 0 Å². The Morgan fingerprint density at radius 1 is 1.07 bits per heavy atom. The van der Waals surface area contributed by atoms with Gasteiger partial charge in [0.15, 0.2) is 0 Å². The molecule has 15 heavy (non-hydrogen) atoms. The number of rotatable bonds is 2. The number of allylic oxidation sites excluding steroid dienone is 5. The van der Waals surface area contributed by atoms with Crippen LogP contribution < -0.4 is 0 Å². The number of hydrogen-bond acceptors (Lipinski definition) is 1. The molecule has 0 heterocycles. The first-order chi connectivity index (χ1) is 7.38. The van der Waals surface area contributed by atoms with Crippen LogP contribution in [0.3, 0.4) is 0 Å². The lowest BCUT2D eigenvalue weighted by molar-refractivity contribution is 1.10. The van der Waals surface area contributed by atoms with E-state index in [-0.39, 0.29) is 0 Å². The van der Waals surface area contributed by atoms with Crippen LogP contribution in [0.5, 0.6) is 0 Å². The Balaban J connectivity index is 2.08. The molecule has 0 bridgehead atoms. The van der Waals surface area contributed by atoms with Gasteiger partial charge in [-0.2, -0.15) is 5.26 Å². The molecule has 1 nitrogen and oxygen atoms in total. The highest BCUT2D eigenvalue weighted by molar-refractivity contribution is 5.52. The molecule has 0 aromatic heterocycles. The molecule has 0 saturated carbocycles. The Hall–Kier alpha value is -2.07. The third-order valence-electron chi connectivity index (χ3n) is 2.33. The fraction of sp³-hybridized carbons (Fsp3) is 0.0714. The van der Waals surface area contributed by atoms with E-state index < -0.39 is 0 Å². The molecule has 1 heteroatoms. The summed E-state index contributed by atoms with van der Waals surface area (Å²) in [5.41, 5.74) is 1.83. The number of nitrogens with zero attached hydrogens (tertiary/aromatic N) is 1. The molecule has 0 amide bonds. The minimum Gasteiger partial charge on any atom is -0.192 e. The lowest BCUT2D eigenvalue weighted by Gasteiger charge is -1.96. The summed E-state index contributed by atoms with van der Waals surface area (Å²) in [5, 5.41) is 8.64. The molecule has 1 aliphatic carbocycles. The summed E-state index contributed by atoms with van der Waals surface area (Å²) in [7, 11) is 0. The second kappa shape index (κ2) is 4.43. The molecule has 0 N–H and O–H groups in total. The first kappa shape index (κ1) is 9.48. The van der Waals surface area contributed by atoms with Gasteiger partial charge < -0.3 is 0 Å². The van der Waals surface area contributed by atoms with Gasteiger partial charge in [0.25, 0.3) is 0 Å². The monoisotopic (exact) mass is 193 g/mol. The maximum Gasteiger partial charge on any atom is 0.0991 e. The normalized spacial score (nSPS) is 14.9. The van der Waals surface area contributed by atoms with Crippen LogP contribution in [0.15, 0.2) is 54.6 Å². The Morgan fingerprint density at radius 3 is 2.33 bits per heavy atom. The van der Waals surface area contributed by atoms with E-state index in [2.05, 4.69) is 30.4 Å². The van der Waals surface area contributed by atoms with Crippen molar-refractivity contribution in [2.45, 2.75) is 0 Å². The largest absolute Gasteiger partial charge is 0.192 e. The van der Waals surface area contributed by atoms with E-state index in [1.165, 1.54) is 0 Å². The van der Waals surface area contributed by atoms with Crippen LogP contribution in [0.25, 0.3) is 6.08 Å². The van der Waals surface area contributed by atoms with Crippen molar-refractivity contribution in [3.8, 4) is 6.07 Å². The molecule has 0 atom stereocenters. The highest BCUT2D eigenvalue weighted by Crippen LogP contribution is 2.13. The van der Waals surface area contributed by atoms with Crippen LogP contribution in [-0.4, -0.2) is 0 Å². The van der Waals surface area contributed by atoms with Crippen molar-refractivity contribution in [1.29, 1.82) is 5.26 Å². The lowest BCUT2D eigenvalue weighted by Crippen LogP contribution is -1.81. The van der Waals surface area contributed by atoms with E-state index in [0.29, 0.717) is 11.5 Å².